The predicted octanol–water partition coefficient (Wildman–Crippen LogP) is 47.5. The number of hydrogen-bond acceptors (Lipinski definition) is 1. The van der Waals surface area contributed by atoms with Gasteiger partial charge in [0.05, 0.1) is 12.2 Å². The van der Waals surface area contributed by atoms with E-state index in [0.29, 0.717) is 12.2 Å². The summed E-state index contributed by atoms with van der Waals surface area (Å²) in [4.78, 5) is 0. The van der Waals surface area contributed by atoms with E-state index < -0.39 is 184 Å². The number of fused-ring (bicyclic) bond motifs is 4. The molecule has 2 heterocycles. The molecule has 2 saturated heterocycles. The van der Waals surface area contributed by atoms with Crippen LogP contribution in [-0.2, 0) is 4.74 Å². The van der Waals surface area contributed by atoms with E-state index in [1.807, 2.05) is 0 Å². The van der Waals surface area contributed by atoms with Crippen molar-refractivity contribution in [3.63, 3.8) is 0 Å². The molecular formula is C114H310OSi25. The van der Waals surface area contributed by atoms with Crippen LogP contribution in [0.15, 0.2) is 0 Å². The molecule has 1 nitrogen and oxygen atoms in total. The molecule has 0 spiro atoms. The van der Waals surface area contributed by atoms with E-state index in [2.05, 4.69) is 470 Å². The van der Waals surface area contributed by atoms with Gasteiger partial charge < -0.3 is 4.74 Å². The van der Waals surface area contributed by atoms with Gasteiger partial charge in [-0.3, -0.25) is 0 Å². The predicted molar refractivity (Wildman–Crippen MR) is 770 cm³/mol. The Labute approximate surface area is 929 Å². The normalized spacial score (nSPS) is 19.0. The minimum atomic E-state index is -1.23. The zero-order valence-corrected chi connectivity index (χ0v) is 129. The van der Waals surface area contributed by atoms with Crippen LogP contribution >= 0.6 is 0 Å². The molecule has 5 fully saturated rings. The molecule has 0 radical (unpaired) electrons. The van der Waals surface area contributed by atoms with E-state index >= 15 is 0 Å². The van der Waals surface area contributed by atoms with E-state index in [9.17, 15) is 0 Å². The highest BCUT2D eigenvalue weighted by atomic mass is 30.2. The fraction of sp³-hybridized carbons (Fsp3) is 1.00. The van der Waals surface area contributed by atoms with Crippen LogP contribution < -0.4 is 0 Å². The monoisotopic (exact) mass is 2400 g/mol. The second-order valence-corrected chi connectivity index (χ2v) is 327. The van der Waals surface area contributed by atoms with Crippen molar-refractivity contribution in [3.8, 4) is 0 Å². The molecule has 26 heteroatoms. The first-order valence-corrected chi connectivity index (χ1v) is 153. The molecular weight excluding hydrogens is 2090 g/mol. The van der Waals surface area contributed by atoms with Crippen LogP contribution in [-0.4, -0.2) is 196 Å². The Morgan fingerprint density at radius 2 is 0.421 bits per heavy atom. The van der Waals surface area contributed by atoms with Crippen molar-refractivity contribution in [1.82, 2.24) is 0 Å². The van der Waals surface area contributed by atoms with Gasteiger partial charge in [0.2, 0.25) is 0 Å². The summed E-state index contributed by atoms with van der Waals surface area (Å²) in [5.41, 5.74) is 3.46. The molecule has 140 heavy (non-hydrogen) atoms. The molecule has 0 aromatic heterocycles. The molecule has 5 aliphatic rings. The van der Waals surface area contributed by atoms with E-state index in [-0.39, 0.29) is 89.1 Å². The lowest BCUT2D eigenvalue weighted by Gasteiger charge is -2.65. The molecule has 6 unspecified atom stereocenters. The van der Waals surface area contributed by atoms with Crippen molar-refractivity contribution in [3.05, 3.63) is 0 Å². The maximum absolute atomic E-state index is 6.38. The van der Waals surface area contributed by atoms with Crippen molar-refractivity contribution in [1.29, 1.82) is 0 Å². The second-order valence-electron chi connectivity index (χ2n) is 66.7. The van der Waals surface area contributed by atoms with Crippen LogP contribution in [0.5, 0.6) is 0 Å². The molecule has 6 atom stereocenters. The van der Waals surface area contributed by atoms with Crippen molar-refractivity contribution >= 4 is 184 Å². The molecule has 5 rings (SSSR count). The lowest BCUT2D eigenvalue weighted by Crippen LogP contribution is -2.92. The van der Waals surface area contributed by atoms with Crippen LogP contribution in [0.4, 0.5) is 0 Å². The van der Waals surface area contributed by atoms with Crippen LogP contribution in [0.2, 0.25) is 401 Å². The van der Waals surface area contributed by atoms with Crippen molar-refractivity contribution < 1.29 is 4.74 Å². The first-order chi connectivity index (χ1) is 55.4. The van der Waals surface area contributed by atoms with Crippen LogP contribution in [0.1, 0.15) is 289 Å². The van der Waals surface area contributed by atoms with Gasteiger partial charge in [0.25, 0.3) is 0 Å². The minimum Gasteiger partial charge on any atom is -0.375 e. The third-order valence-electron chi connectivity index (χ3n) is 34.4. The summed E-state index contributed by atoms with van der Waals surface area (Å²) in [6.07, 6.45) is 23.1. The van der Waals surface area contributed by atoms with Crippen LogP contribution in [0.25, 0.3) is 0 Å². The quantitative estimate of drug-likeness (QED) is 0.0629. The lowest BCUT2D eigenvalue weighted by molar-refractivity contribution is 0.105. The maximum Gasteiger partial charge on any atom is 0.0580 e. The zero-order valence-electron chi connectivity index (χ0n) is 104. The average molecular weight is 2400 g/mol. The summed E-state index contributed by atoms with van der Waals surface area (Å²) in [6.45, 7) is 182. The van der Waals surface area contributed by atoms with Gasteiger partial charge in [-0.05, 0) is 84.1 Å². The van der Waals surface area contributed by atoms with Crippen molar-refractivity contribution in [2.24, 2.45) is 47.3 Å². The van der Waals surface area contributed by atoms with Gasteiger partial charge >= 0.3 is 0 Å². The maximum atomic E-state index is 6.38. The van der Waals surface area contributed by atoms with E-state index in [0.717, 1.165) is 52.9 Å². The highest BCUT2D eigenvalue weighted by Crippen LogP contribution is 2.62. The van der Waals surface area contributed by atoms with Gasteiger partial charge in [0.15, 0.2) is 0 Å². The third kappa shape index (κ3) is 44.9. The smallest absolute Gasteiger partial charge is 0.0580 e. The summed E-state index contributed by atoms with van der Waals surface area (Å²) in [5, 5.41) is 0. The third-order valence-corrected chi connectivity index (χ3v) is 522. The number of hydrogen-bond donors (Lipinski definition) is 0. The van der Waals surface area contributed by atoms with Crippen molar-refractivity contribution in [2.75, 3.05) is 0 Å². The highest BCUT2D eigenvalue weighted by Gasteiger charge is 2.73. The molecule has 3 saturated carbocycles. The second kappa shape index (κ2) is 65.2. The average Bonchev–Trinajstić information content (AvgIpc) is 0.895. The fourth-order valence-electron chi connectivity index (χ4n) is 39.0. The lowest BCUT2D eigenvalue weighted by atomic mass is 10.0. The molecule has 3 aliphatic carbocycles. The summed E-state index contributed by atoms with van der Waals surface area (Å²) < 4.78 is 6.38. The Kier molecular flexibility index (Phi) is 84.3. The Morgan fingerprint density at radius 3 is 0.579 bits per heavy atom. The van der Waals surface area contributed by atoms with E-state index in [4.69, 9.17) is 4.74 Å². The largest absolute Gasteiger partial charge is 0.375 e. The molecule has 872 valence electrons. The summed E-state index contributed by atoms with van der Waals surface area (Å²) in [6, 6.07) is 4.90. The summed E-state index contributed by atoms with van der Waals surface area (Å²) in [5.74, 6) is 7.47. The Hall–Kier alpha value is 5.38. The molecule has 0 N–H and O–H groups in total. The standard InChI is InChI=1S/C16H44Si5.C16H38Si4.C15H36OSi4.C15H38Si4.2C14H38Si4.3C4H10.12CH4/c1-16(2)14-15-20(12,13)21(17(3,4)5,18(6,7)8)19(9,10)11;1-17(2,3)20(18(4,5)6,19(7,8)9)16-13-14-10-11-15(16)12-14;1-17(2,3)20(18(4,5)6,19(7,8)9)15-12-13-10-11-14(15)16-13;1-16(2,3)19(17(4,5)6,18(7,8)9)15-13-11-10-12-14-15;2*1-14(2)12-13-18(15(3,4)5,16(6,7)8)17(9,10)11;3*1-4(2)3;;;;;;;;;;;;/h16H,14-15H2,1-13H3;14-16H,10-13H2,1-9H3;13-15H,10-12H2,1-9H3;15H,10-14H2,1-9H3;2*14H,12-13H2,1-11H3;3*4H,1-3H3;12*1H4. The SMILES string of the molecule is C.C.C.C.C.C.C.C.C.C.C.C.CC(C)C.CC(C)C.CC(C)C.CC(C)CC[Si](C)(C)[Si]([Si](C)(C)C)([Si](C)(C)C)[Si](C)(C)C.CC(C)CC[Si]([Si](C)(C)C)([Si](C)(C)C)[Si](C)(C)C.CC(C)CC[Si]([Si](C)(C)C)([Si](C)(C)C)[Si](C)(C)C.C[Si](C)(C)[Si](C1CC2CCC1C2)([Si](C)(C)C)[Si](C)(C)C.C[Si](C)(C)[Si](C1CC2CCC1O2)([Si](C)(C)C)[Si](C)(C)C.C[Si](C)(C)[Si](C1CCCCC1)([Si](C)(C)C)[Si](C)(C)C. The van der Waals surface area contributed by atoms with Crippen molar-refractivity contribution in [2.45, 2.75) is 703 Å². The first-order valence-electron chi connectivity index (χ1n) is 55.1. The van der Waals surface area contributed by atoms with Gasteiger partial charge in [-0.1, -0.05) is 654 Å². The van der Waals surface area contributed by atoms with Gasteiger partial charge in [0.1, 0.15) is 0 Å². The van der Waals surface area contributed by atoms with Gasteiger partial charge in [0, 0.05) is 184 Å². The molecule has 0 aromatic carbocycles. The zero-order chi connectivity index (χ0) is 104. The van der Waals surface area contributed by atoms with E-state index in [1.54, 1.807) is 69.5 Å². The fourth-order valence-corrected chi connectivity index (χ4v) is 728. The summed E-state index contributed by atoms with van der Waals surface area (Å²) in [7, 11) is -20.1. The van der Waals surface area contributed by atoms with Gasteiger partial charge in [-0.25, -0.2) is 0 Å². The van der Waals surface area contributed by atoms with Crippen LogP contribution in [0, 0.1) is 47.3 Å². The summed E-state index contributed by atoms with van der Waals surface area (Å²) >= 11 is 0. The first kappa shape index (κ1) is 181. The Bertz CT molecular complexity index is 2730. The van der Waals surface area contributed by atoms with Gasteiger partial charge in [-0.2, -0.15) is 0 Å². The molecule has 2 aliphatic heterocycles. The number of ether oxygens (including phenoxy) is 1. The number of rotatable bonds is 31. The minimum absolute atomic E-state index is 0. The van der Waals surface area contributed by atoms with Crippen LogP contribution in [0.3, 0.4) is 0 Å². The molecule has 0 aromatic rings. The van der Waals surface area contributed by atoms with E-state index in [1.165, 1.54) is 56.0 Å². The Morgan fingerprint density at radius 1 is 0.207 bits per heavy atom. The molecule has 4 bridgehead atoms. The Balaban J connectivity index is -0.0000000903. The highest BCUT2D eigenvalue weighted by molar-refractivity contribution is 8.06. The topological polar surface area (TPSA) is 9.23 Å². The van der Waals surface area contributed by atoms with Gasteiger partial charge in [-0.15, -0.1) is 0 Å². The molecule has 0 amide bonds.